The summed E-state index contributed by atoms with van der Waals surface area (Å²) in [5.74, 6) is 1.05. The van der Waals surface area contributed by atoms with Crippen LogP contribution in [0.1, 0.15) is 50.2 Å². The van der Waals surface area contributed by atoms with Crippen LogP contribution >= 0.6 is 0 Å². The van der Waals surface area contributed by atoms with Crippen LogP contribution in [0.3, 0.4) is 0 Å². The predicted octanol–water partition coefficient (Wildman–Crippen LogP) is 2.55. The van der Waals surface area contributed by atoms with Gasteiger partial charge in [0.2, 0.25) is 0 Å². The molecule has 0 bridgehead atoms. The Hall–Kier alpha value is -1.46. The number of imidazole rings is 1. The van der Waals surface area contributed by atoms with Gasteiger partial charge >= 0.3 is 0 Å². The van der Waals surface area contributed by atoms with Crippen LogP contribution in [0.2, 0.25) is 0 Å². The quantitative estimate of drug-likeness (QED) is 0.913. The summed E-state index contributed by atoms with van der Waals surface area (Å²) in [4.78, 5) is 9.36. The molecule has 4 rings (SSSR count). The lowest BCUT2D eigenvalue weighted by Gasteiger charge is -2.27. The van der Waals surface area contributed by atoms with Crippen LogP contribution in [-0.4, -0.2) is 27.7 Å². The molecule has 1 N–H and O–H groups in total. The van der Waals surface area contributed by atoms with Crippen molar-refractivity contribution in [1.29, 1.82) is 0 Å². The van der Waals surface area contributed by atoms with Gasteiger partial charge in [0, 0.05) is 12.8 Å². The summed E-state index contributed by atoms with van der Waals surface area (Å²) in [6.07, 6.45) is 8.14. The van der Waals surface area contributed by atoms with Crippen molar-refractivity contribution in [3.8, 4) is 0 Å². The molecule has 20 heavy (non-hydrogen) atoms. The van der Waals surface area contributed by atoms with Gasteiger partial charge < -0.3 is 4.74 Å². The van der Waals surface area contributed by atoms with Gasteiger partial charge in [-0.1, -0.05) is 0 Å². The number of hydrogen-bond acceptors (Lipinski definition) is 4. The summed E-state index contributed by atoms with van der Waals surface area (Å²) < 4.78 is 8.14. The van der Waals surface area contributed by atoms with Gasteiger partial charge in [0.25, 0.3) is 0 Å². The van der Waals surface area contributed by atoms with Gasteiger partial charge in [-0.3, -0.25) is 9.88 Å². The number of fused-ring (bicyclic) bond motifs is 1. The fourth-order valence-corrected chi connectivity index (χ4v) is 3.32. The van der Waals surface area contributed by atoms with Gasteiger partial charge in [-0.05, 0) is 50.8 Å². The van der Waals surface area contributed by atoms with Gasteiger partial charge in [0.15, 0.2) is 5.65 Å². The zero-order valence-corrected chi connectivity index (χ0v) is 11.6. The van der Waals surface area contributed by atoms with Crippen molar-refractivity contribution < 1.29 is 4.74 Å². The maximum absolute atomic E-state index is 5.86. The Bertz CT molecular complexity index is 597. The van der Waals surface area contributed by atoms with E-state index in [0.717, 1.165) is 49.4 Å². The second-order valence-corrected chi connectivity index (χ2v) is 5.65. The molecule has 5 heteroatoms. The Morgan fingerprint density at radius 3 is 3.05 bits per heavy atom. The van der Waals surface area contributed by atoms with E-state index in [9.17, 15) is 0 Å². The maximum Gasteiger partial charge on any atom is 0.161 e. The van der Waals surface area contributed by atoms with Crippen LogP contribution in [0.5, 0.6) is 0 Å². The zero-order valence-electron chi connectivity index (χ0n) is 11.6. The minimum atomic E-state index is 0.132. The number of nitrogens with one attached hydrogen (secondary N) is 1. The minimum absolute atomic E-state index is 0.132. The molecule has 2 aliphatic rings. The van der Waals surface area contributed by atoms with Crippen LogP contribution in [0.15, 0.2) is 18.3 Å². The molecule has 0 amide bonds. The van der Waals surface area contributed by atoms with Crippen LogP contribution in [0.4, 0.5) is 0 Å². The fraction of sp³-hybridized carbons (Fsp3) is 0.600. The Morgan fingerprint density at radius 2 is 2.25 bits per heavy atom. The number of aromatic nitrogens is 3. The third-order valence-corrected chi connectivity index (χ3v) is 4.29. The Balaban J connectivity index is 1.83. The first-order valence-corrected chi connectivity index (χ1v) is 7.61. The predicted molar refractivity (Wildman–Crippen MR) is 76.3 cm³/mol. The van der Waals surface area contributed by atoms with Crippen molar-refractivity contribution in [1.82, 2.24) is 19.9 Å². The second-order valence-electron chi connectivity index (χ2n) is 5.65. The monoisotopic (exact) mass is 272 g/mol. The summed E-state index contributed by atoms with van der Waals surface area (Å²) in [6.45, 7) is 1.92. The van der Waals surface area contributed by atoms with Crippen molar-refractivity contribution in [3.05, 3.63) is 24.2 Å². The molecule has 2 aromatic rings. The zero-order chi connectivity index (χ0) is 13.4. The van der Waals surface area contributed by atoms with E-state index in [4.69, 9.17) is 9.72 Å². The van der Waals surface area contributed by atoms with Crippen LogP contribution in [-0.2, 0) is 4.74 Å². The number of rotatable bonds is 2. The SMILES string of the molecule is c1cnc2c(c1)nc(C1CCCO1)n2C1CCCCN1. The molecular weight excluding hydrogens is 252 g/mol. The van der Waals surface area contributed by atoms with Gasteiger partial charge in [0.1, 0.15) is 17.4 Å². The molecule has 0 aromatic carbocycles. The first-order valence-electron chi connectivity index (χ1n) is 7.61. The molecule has 0 saturated carbocycles. The summed E-state index contributed by atoms with van der Waals surface area (Å²) >= 11 is 0. The van der Waals surface area contributed by atoms with Gasteiger partial charge in [0.05, 0.1) is 6.17 Å². The molecule has 2 aliphatic heterocycles. The fourth-order valence-electron chi connectivity index (χ4n) is 3.32. The molecule has 106 valence electrons. The van der Waals surface area contributed by atoms with Crippen molar-refractivity contribution in [2.45, 2.75) is 44.4 Å². The van der Waals surface area contributed by atoms with E-state index in [-0.39, 0.29) is 6.10 Å². The Labute approximate surface area is 118 Å². The van der Waals surface area contributed by atoms with E-state index in [2.05, 4.69) is 14.9 Å². The highest BCUT2D eigenvalue weighted by atomic mass is 16.5. The molecule has 0 aliphatic carbocycles. The van der Waals surface area contributed by atoms with Crippen molar-refractivity contribution in [3.63, 3.8) is 0 Å². The first-order chi connectivity index (χ1) is 9.93. The average molecular weight is 272 g/mol. The molecule has 2 atom stereocenters. The third kappa shape index (κ3) is 2.01. The Morgan fingerprint density at radius 1 is 1.25 bits per heavy atom. The minimum Gasteiger partial charge on any atom is -0.370 e. The number of pyridine rings is 1. The number of hydrogen-bond donors (Lipinski definition) is 1. The molecular formula is C15H20N4O. The number of ether oxygens (including phenoxy) is 1. The standard InChI is InChI=1S/C15H20N4O/c1-2-8-16-13(7-1)19-14-11(5-3-9-17-14)18-15(19)12-6-4-10-20-12/h3,5,9,12-13,16H,1-2,4,6-8,10H2. The molecule has 2 aromatic heterocycles. The van der Waals surface area contributed by atoms with E-state index < -0.39 is 0 Å². The van der Waals surface area contributed by atoms with Crippen molar-refractivity contribution in [2.75, 3.05) is 13.2 Å². The van der Waals surface area contributed by atoms with Gasteiger partial charge in [-0.25, -0.2) is 9.97 Å². The van der Waals surface area contributed by atoms with E-state index >= 15 is 0 Å². The highest BCUT2D eigenvalue weighted by Crippen LogP contribution is 2.33. The van der Waals surface area contributed by atoms with E-state index in [1.807, 2.05) is 18.3 Å². The van der Waals surface area contributed by atoms with Crippen LogP contribution in [0.25, 0.3) is 11.2 Å². The molecule has 2 unspecified atom stereocenters. The second kappa shape index (κ2) is 5.14. The van der Waals surface area contributed by atoms with E-state index in [0.29, 0.717) is 6.17 Å². The molecule has 2 fully saturated rings. The van der Waals surface area contributed by atoms with Crippen LogP contribution < -0.4 is 5.32 Å². The molecule has 4 heterocycles. The summed E-state index contributed by atoms with van der Waals surface area (Å²) in [5.41, 5.74) is 1.96. The normalized spacial score (nSPS) is 27.2. The number of piperidine rings is 1. The molecule has 5 nitrogen and oxygen atoms in total. The van der Waals surface area contributed by atoms with Crippen molar-refractivity contribution >= 4 is 11.2 Å². The largest absolute Gasteiger partial charge is 0.370 e. The molecule has 0 spiro atoms. The maximum atomic E-state index is 5.86. The summed E-state index contributed by atoms with van der Waals surface area (Å²) in [6, 6.07) is 3.99. The topological polar surface area (TPSA) is 52.0 Å². The first kappa shape index (κ1) is 12.3. The van der Waals surface area contributed by atoms with Gasteiger partial charge in [-0.15, -0.1) is 0 Å². The van der Waals surface area contributed by atoms with Gasteiger partial charge in [-0.2, -0.15) is 0 Å². The molecule has 2 saturated heterocycles. The summed E-state index contributed by atoms with van der Waals surface area (Å²) in [7, 11) is 0. The third-order valence-electron chi connectivity index (χ3n) is 4.29. The Kier molecular flexibility index (Phi) is 3.16. The average Bonchev–Trinajstić information content (AvgIpc) is 3.15. The van der Waals surface area contributed by atoms with Crippen molar-refractivity contribution in [2.24, 2.45) is 0 Å². The van der Waals surface area contributed by atoms with E-state index in [1.165, 1.54) is 12.8 Å². The molecule has 0 radical (unpaired) electrons. The lowest BCUT2D eigenvalue weighted by Crippen LogP contribution is -2.33. The van der Waals surface area contributed by atoms with E-state index in [1.54, 1.807) is 0 Å². The number of nitrogens with zero attached hydrogens (tertiary/aromatic N) is 3. The lowest BCUT2D eigenvalue weighted by molar-refractivity contribution is 0.0988. The lowest BCUT2D eigenvalue weighted by atomic mass is 10.1. The highest BCUT2D eigenvalue weighted by molar-refractivity contribution is 5.71. The van der Waals surface area contributed by atoms with Crippen LogP contribution in [0, 0.1) is 0 Å². The smallest absolute Gasteiger partial charge is 0.161 e. The highest BCUT2D eigenvalue weighted by Gasteiger charge is 2.28. The summed E-state index contributed by atoms with van der Waals surface area (Å²) in [5, 5.41) is 3.60.